The lowest BCUT2D eigenvalue weighted by Gasteiger charge is -2.12. The Balaban J connectivity index is 2.16. The molecule has 0 saturated carbocycles. The maximum Gasteiger partial charge on any atom is 0.175 e. The topological polar surface area (TPSA) is 46.2 Å². The Hall–Kier alpha value is -0.880. The zero-order valence-corrected chi connectivity index (χ0v) is 14.6. The van der Waals surface area contributed by atoms with E-state index in [0.29, 0.717) is 23.7 Å². The van der Waals surface area contributed by atoms with Crippen LogP contribution in [0.1, 0.15) is 11.1 Å². The highest BCUT2D eigenvalue weighted by atomic mass is 79.9. The molecule has 0 fully saturated rings. The van der Waals surface area contributed by atoms with Crippen molar-refractivity contribution in [2.75, 3.05) is 6.26 Å². The number of sulfone groups is 1. The van der Waals surface area contributed by atoms with E-state index < -0.39 is 9.84 Å². The van der Waals surface area contributed by atoms with Gasteiger partial charge in [-0.3, -0.25) is 0 Å². The van der Waals surface area contributed by atoms with Gasteiger partial charge in [0.2, 0.25) is 0 Å². The van der Waals surface area contributed by atoms with E-state index in [2.05, 4.69) is 21.2 Å². The summed E-state index contributed by atoms with van der Waals surface area (Å²) in [4.78, 5) is 0.273. The smallest absolute Gasteiger partial charge is 0.175 e. The van der Waals surface area contributed by atoms with Gasteiger partial charge >= 0.3 is 0 Å². The molecule has 21 heavy (non-hydrogen) atoms. The minimum Gasteiger partial charge on any atom is -0.308 e. The monoisotopic (exact) mass is 387 g/mol. The number of hydrogen-bond donors (Lipinski definition) is 1. The Morgan fingerprint density at radius 2 is 1.81 bits per heavy atom. The van der Waals surface area contributed by atoms with Crippen molar-refractivity contribution in [1.29, 1.82) is 0 Å². The van der Waals surface area contributed by atoms with E-state index in [1.165, 1.54) is 6.26 Å². The molecule has 2 aromatic rings. The molecule has 0 atom stereocenters. The first kappa shape index (κ1) is 16.5. The lowest BCUT2D eigenvalue weighted by Crippen LogP contribution is -2.16. The van der Waals surface area contributed by atoms with Crippen molar-refractivity contribution in [3.63, 3.8) is 0 Å². The Morgan fingerprint density at radius 1 is 1.10 bits per heavy atom. The van der Waals surface area contributed by atoms with Crippen LogP contribution in [0.25, 0.3) is 0 Å². The van der Waals surface area contributed by atoms with E-state index in [1.54, 1.807) is 18.2 Å². The van der Waals surface area contributed by atoms with Gasteiger partial charge in [-0.15, -0.1) is 0 Å². The molecular weight excluding hydrogens is 374 g/mol. The highest BCUT2D eigenvalue weighted by Gasteiger charge is 2.15. The van der Waals surface area contributed by atoms with E-state index in [1.807, 2.05) is 24.3 Å². The third-order valence-electron chi connectivity index (χ3n) is 3.05. The molecule has 1 N–H and O–H groups in total. The molecule has 0 heterocycles. The van der Waals surface area contributed by atoms with Crippen LogP contribution in [0, 0.1) is 0 Å². The molecular formula is C15H15BrClNO2S. The second kappa shape index (κ2) is 6.92. The van der Waals surface area contributed by atoms with Crippen LogP contribution in [-0.2, 0) is 22.9 Å². The summed E-state index contributed by atoms with van der Waals surface area (Å²) in [5.41, 5.74) is 1.71. The summed E-state index contributed by atoms with van der Waals surface area (Å²) in [5.74, 6) is 0. The van der Waals surface area contributed by atoms with E-state index in [4.69, 9.17) is 11.6 Å². The van der Waals surface area contributed by atoms with Crippen LogP contribution in [-0.4, -0.2) is 14.7 Å². The Kier molecular flexibility index (Phi) is 5.43. The Morgan fingerprint density at radius 3 is 2.48 bits per heavy atom. The van der Waals surface area contributed by atoms with Gasteiger partial charge in [-0.05, 0) is 23.8 Å². The van der Waals surface area contributed by atoms with Crippen LogP contribution in [0.5, 0.6) is 0 Å². The van der Waals surface area contributed by atoms with Crippen LogP contribution in [0.15, 0.2) is 51.8 Å². The minimum absolute atomic E-state index is 0.273. The molecule has 0 saturated heterocycles. The molecule has 0 aliphatic carbocycles. The molecule has 0 amide bonds. The van der Waals surface area contributed by atoms with Gasteiger partial charge in [-0.25, -0.2) is 8.42 Å². The average molecular weight is 389 g/mol. The number of nitrogens with one attached hydrogen (secondary N) is 1. The molecule has 3 nitrogen and oxygen atoms in total. The molecule has 0 aromatic heterocycles. The fourth-order valence-corrected chi connectivity index (χ4v) is 3.70. The molecule has 6 heteroatoms. The first-order valence-corrected chi connectivity index (χ1v) is 9.37. The maximum absolute atomic E-state index is 11.8. The summed E-state index contributed by atoms with van der Waals surface area (Å²) < 4.78 is 24.6. The van der Waals surface area contributed by atoms with Crippen molar-refractivity contribution < 1.29 is 8.42 Å². The minimum atomic E-state index is -3.29. The highest BCUT2D eigenvalue weighted by Crippen LogP contribution is 2.24. The first-order valence-electron chi connectivity index (χ1n) is 6.31. The second-order valence-electron chi connectivity index (χ2n) is 4.68. The molecule has 0 aliphatic rings. The molecule has 0 radical (unpaired) electrons. The van der Waals surface area contributed by atoms with Gasteiger partial charge < -0.3 is 5.32 Å². The lowest BCUT2D eigenvalue weighted by molar-refractivity contribution is 0.598. The SMILES string of the molecule is CS(=O)(=O)c1cccc(Cl)c1CNCc1ccccc1Br. The van der Waals surface area contributed by atoms with Crippen molar-refractivity contribution in [3.8, 4) is 0 Å². The molecule has 0 spiro atoms. The lowest BCUT2D eigenvalue weighted by atomic mass is 10.2. The molecule has 2 aromatic carbocycles. The summed E-state index contributed by atoms with van der Waals surface area (Å²) in [6.07, 6.45) is 1.19. The van der Waals surface area contributed by atoms with Gasteiger partial charge in [0.15, 0.2) is 9.84 Å². The van der Waals surface area contributed by atoms with E-state index in [9.17, 15) is 8.42 Å². The average Bonchev–Trinajstić information content (AvgIpc) is 2.41. The van der Waals surface area contributed by atoms with E-state index in [0.717, 1.165) is 10.0 Å². The Labute approximate surface area is 138 Å². The summed E-state index contributed by atoms with van der Waals surface area (Å²) in [6.45, 7) is 1.01. The van der Waals surface area contributed by atoms with Crippen molar-refractivity contribution in [1.82, 2.24) is 5.32 Å². The summed E-state index contributed by atoms with van der Waals surface area (Å²) in [5, 5.41) is 3.69. The predicted molar refractivity (Wildman–Crippen MR) is 89.2 cm³/mol. The molecule has 112 valence electrons. The number of benzene rings is 2. The summed E-state index contributed by atoms with van der Waals surface area (Å²) >= 11 is 9.62. The second-order valence-corrected chi connectivity index (χ2v) is 7.93. The van der Waals surface area contributed by atoms with Gasteiger partial charge in [0, 0.05) is 34.4 Å². The van der Waals surface area contributed by atoms with Crippen molar-refractivity contribution in [3.05, 3.63) is 63.1 Å². The first-order chi connectivity index (χ1) is 9.89. The fraction of sp³-hybridized carbons (Fsp3) is 0.200. The Bertz CT molecular complexity index is 747. The van der Waals surface area contributed by atoms with Crippen LogP contribution < -0.4 is 5.32 Å². The largest absolute Gasteiger partial charge is 0.308 e. The third-order valence-corrected chi connectivity index (χ3v) is 5.36. The van der Waals surface area contributed by atoms with Crippen LogP contribution in [0.3, 0.4) is 0 Å². The van der Waals surface area contributed by atoms with Crippen molar-refractivity contribution >= 4 is 37.4 Å². The molecule has 2 rings (SSSR count). The third kappa shape index (κ3) is 4.30. The van der Waals surface area contributed by atoms with Crippen molar-refractivity contribution in [2.24, 2.45) is 0 Å². The molecule has 0 aliphatic heterocycles. The normalized spacial score (nSPS) is 11.6. The zero-order chi connectivity index (χ0) is 15.5. The quantitative estimate of drug-likeness (QED) is 0.847. The summed E-state index contributed by atoms with van der Waals surface area (Å²) in [6, 6.07) is 12.8. The highest BCUT2D eigenvalue weighted by molar-refractivity contribution is 9.10. The van der Waals surface area contributed by atoms with Gasteiger partial charge in [-0.1, -0.05) is 51.8 Å². The predicted octanol–water partition coefficient (Wildman–Crippen LogP) is 3.80. The summed E-state index contributed by atoms with van der Waals surface area (Å²) in [7, 11) is -3.29. The molecule has 0 bridgehead atoms. The van der Waals surface area contributed by atoms with Gasteiger partial charge in [-0.2, -0.15) is 0 Å². The standard InChI is InChI=1S/C15H15BrClNO2S/c1-21(19,20)15-8-4-7-14(17)12(15)10-18-9-11-5-2-3-6-13(11)16/h2-8,18H,9-10H2,1H3. The van der Waals surface area contributed by atoms with Crippen LogP contribution >= 0.6 is 27.5 Å². The van der Waals surface area contributed by atoms with Crippen LogP contribution in [0.4, 0.5) is 0 Å². The number of hydrogen-bond acceptors (Lipinski definition) is 3. The van der Waals surface area contributed by atoms with Gasteiger partial charge in [0.1, 0.15) is 0 Å². The van der Waals surface area contributed by atoms with Gasteiger partial charge in [0.25, 0.3) is 0 Å². The van der Waals surface area contributed by atoms with Crippen LogP contribution in [0.2, 0.25) is 5.02 Å². The van der Waals surface area contributed by atoms with E-state index in [-0.39, 0.29) is 4.90 Å². The maximum atomic E-state index is 11.8. The van der Waals surface area contributed by atoms with E-state index >= 15 is 0 Å². The zero-order valence-electron chi connectivity index (χ0n) is 11.4. The molecule has 0 unspecified atom stereocenters. The number of rotatable bonds is 5. The van der Waals surface area contributed by atoms with Gasteiger partial charge in [0.05, 0.1) is 4.90 Å². The van der Waals surface area contributed by atoms with Crippen molar-refractivity contribution in [2.45, 2.75) is 18.0 Å². The number of halogens is 2. The fourth-order valence-electron chi connectivity index (χ4n) is 2.02.